The Balaban J connectivity index is 1.67. The topological polar surface area (TPSA) is 144 Å². The number of likely N-dealkylation sites (tertiary alicyclic amines) is 1. The number of pyridine rings is 2. The largest absolute Gasteiger partial charge is 0.384 e. The van der Waals surface area contributed by atoms with Crippen molar-refractivity contribution in [1.82, 2.24) is 20.2 Å². The Labute approximate surface area is 194 Å². The number of rotatable bonds is 8. The van der Waals surface area contributed by atoms with Crippen LogP contribution in [0.25, 0.3) is 0 Å². The SMILES string of the molecule is N#CCC1(N/C=C(\C(=N)Nc2ccnc(F)c2)C(N)=O)CCN(Cc2cncc(P)c2)CC1. The highest BCUT2D eigenvalue weighted by atomic mass is 31.0. The summed E-state index contributed by atoms with van der Waals surface area (Å²) < 4.78 is 13.3. The summed E-state index contributed by atoms with van der Waals surface area (Å²) >= 11 is 0. The Bertz CT molecular complexity index is 1090. The fourth-order valence-electron chi connectivity index (χ4n) is 3.70. The van der Waals surface area contributed by atoms with Crippen molar-refractivity contribution in [2.24, 2.45) is 5.73 Å². The van der Waals surface area contributed by atoms with Crippen LogP contribution in [0.4, 0.5) is 10.1 Å². The lowest BCUT2D eigenvalue weighted by molar-refractivity contribution is -0.114. The molecule has 3 heterocycles. The van der Waals surface area contributed by atoms with Gasteiger partial charge >= 0.3 is 0 Å². The molecule has 1 atom stereocenters. The molecule has 33 heavy (non-hydrogen) atoms. The van der Waals surface area contributed by atoms with E-state index < -0.39 is 17.4 Å². The average Bonchev–Trinajstić information content (AvgIpc) is 2.75. The van der Waals surface area contributed by atoms with Crippen LogP contribution in [0.1, 0.15) is 24.8 Å². The zero-order valence-corrected chi connectivity index (χ0v) is 19.2. The van der Waals surface area contributed by atoms with Gasteiger partial charge in [0.1, 0.15) is 5.84 Å². The lowest BCUT2D eigenvalue weighted by Gasteiger charge is -2.41. The minimum atomic E-state index is -0.816. The maximum Gasteiger partial charge on any atom is 0.253 e. The Hall–Kier alpha value is -3.41. The molecule has 9 nitrogen and oxygen atoms in total. The molecule has 2 aromatic rings. The number of anilines is 1. The zero-order chi connectivity index (χ0) is 23.8. The number of nitrogens with two attached hydrogens (primary N) is 1. The number of hydrogen-bond donors (Lipinski definition) is 4. The molecule has 1 aliphatic heterocycles. The predicted octanol–water partition coefficient (Wildman–Crippen LogP) is 1.41. The summed E-state index contributed by atoms with van der Waals surface area (Å²) in [6.07, 6.45) is 7.84. The number of amidine groups is 1. The quantitative estimate of drug-likeness (QED) is 0.151. The number of hydrogen-bond acceptors (Lipinski definition) is 7. The monoisotopic (exact) mass is 468 g/mol. The Morgan fingerprint density at radius 2 is 2.15 bits per heavy atom. The van der Waals surface area contributed by atoms with E-state index in [0.717, 1.165) is 36.6 Å². The standard InChI is InChI=1S/C22H26FN8OP/c23-19-10-16(1-6-28-19)30-20(25)18(21(26)32)13-29-22(2-5-24)3-7-31(8-4-22)14-15-9-17(33)12-27-11-15/h1,6,9-13,29H,2-4,7-8,14,33H2,(H2,26,32)(H2,25,28,30)/b18-13+. The van der Waals surface area contributed by atoms with Crippen molar-refractivity contribution in [3.63, 3.8) is 0 Å². The highest BCUT2D eigenvalue weighted by Crippen LogP contribution is 2.27. The molecule has 0 aliphatic carbocycles. The molecule has 3 rings (SSSR count). The Kier molecular flexibility index (Phi) is 8.04. The van der Waals surface area contributed by atoms with Crippen molar-refractivity contribution >= 4 is 32.0 Å². The predicted molar refractivity (Wildman–Crippen MR) is 127 cm³/mol. The fraction of sp³-hybridized carbons (Fsp3) is 0.318. The van der Waals surface area contributed by atoms with Crippen molar-refractivity contribution in [2.75, 3.05) is 18.4 Å². The van der Waals surface area contributed by atoms with Gasteiger partial charge in [-0.05, 0) is 35.8 Å². The third kappa shape index (κ3) is 6.78. The van der Waals surface area contributed by atoms with E-state index in [1.165, 1.54) is 18.5 Å². The second-order valence-electron chi connectivity index (χ2n) is 7.95. The van der Waals surface area contributed by atoms with Gasteiger partial charge in [-0.1, -0.05) is 0 Å². The van der Waals surface area contributed by atoms with Crippen LogP contribution in [0.5, 0.6) is 0 Å². The first kappa shape index (κ1) is 24.2. The van der Waals surface area contributed by atoms with Crippen molar-refractivity contribution < 1.29 is 9.18 Å². The molecular formula is C22H26FN8OP. The first-order valence-electron chi connectivity index (χ1n) is 10.3. The van der Waals surface area contributed by atoms with E-state index in [9.17, 15) is 14.4 Å². The minimum Gasteiger partial charge on any atom is -0.384 e. The molecule has 1 saturated heterocycles. The summed E-state index contributed by atoms with van der Waals surface area (Å²) in [6, 6.07) is 6.87. The molecule has 5 N–H and O–H groups in total. The molecular weight excluding hydrogens is 442 g/mol. The van der Waals surface area contributed by atoms with Gasteiger partial charge in [0.05, 0.1) is 23.6 Å². The first-order chi connectivity index (χ1) is 15.8. The van der Waals surface area contributed by atoms with Crippen LogP contribution in [0.3, 0.4) is 0 Å². The maximum atomic E-state index is 13.3. The number of primary amides is 1. The molecule has 0 saturated carbocycles. The van der Waals surface area contributed by atoms with Crippen molar-refractivity contribution in [1.29, 1.82) is 10.7 Å². The fourth-order valence-corrected chi connectivity index (χ4v) is 4.00. The second kappa shape index (κ2) is 10.9. The van der Waals surface area contributed by atoms with Gasteiger partial charge in [0.15, 0.2) is 0 Å². The number of nitriles is 1. The molecule has 2 aromatic heterocycles. The summed E-state index contributed by atoms with van der Waals surface area (Å²) in [4.78, 5) is 21.9. The smallest absolute Gasteiger partial charge is 0.253 e. The number of carbonyl (C=O) groups excluding carboxylic acids is 1. The van der Waals surface area contributed by atoms with Gasteiger partial charge in [0.2, 0.25) is 5.95 Å². The summed E-state index contributed by atoms with van der Waals surface area (Å²) in [7, 11) is 2.64. The van der Waals surface area contributed by atoms with Crippen molar-refractivity contribution in [3.8, 4) is 6.07 Å². The normalized spacial score (nSPS) is 16.0. The van der Waals surface area contributed by atoms with Crippen LogP contribution in [-0.4, -0.2) is 45.2 Å². The number of piperidine rings is 1. The number of amides is 1. The Morgan fingerprint density at radius 3 is 2.79 bits per heavy atom. The number of nitrogens with zero attached hydrogens (tertiary/aromatic N) is 4. The van der Waals surface area contributed by atoms with E-state index in [0.29, 0.717) is 12.8 Å². The second-order valence-corrected chi connectivity index (χ2v) is 8.62. The molecule has 172 valence electrons. The lowest BCUT2D eigenvalue weighted by atomic mass is 9.84. The third-order valence-corrected chi connectivity index (χ3v) is 5.82. The molecule has 1 aliphatic rings. The van der Waals surface area contributed by atoms with E-state index in [2.05, 4.69) is 46.9 Å². The minimum absolute atomic E-state index is 0.102. The molecule has 0 bridgehead atoms. The van der Waals surface area contributed by atoms with Crippen LogP contribution < -0.4 is 21.7 Å². The van der Waals surface area contributed by atoms with Crippen molar-refractivity contribution in [2.45, 2.75) is 31.3 Å². The Morgan fingerprint density at radius 1 is 1.39 bits per heavy atom. The van der Waals surface area contributed by atoms with E-state index in [1.54, 1.807) is 6.20 Å². The third-order valence-electron chi connectivity index (χ3n) is 5.51. The zero-order valence-electron chi connectivity index (χ0n) is 18.0. The molecule has 0 aromatic carbocycles. The van der Waals surface area contributed by atoms with Crippen LogP contribution in [0, 0.1) is 22.7 Å². The van der Waals surface area contributed by atoms with Gasteiger partial charge < -0.3 is 16.4 Å². The molecule has 0 radical (unpaired) electrons. The summed E-state index contributed by atoms with van der Waals surface area (Å²) in [5.74, 6) is -1.81. The van der Waals surface area contributed by atoms with Gasteiger partial charge in [0, 0.05) is 56.2 Å². The molecule has 1 unspecified atom stereocenters. The molecule has 1 amide bonds. The first-order valence-corrected chi connectivity index (χ1v) is 10.9. The number of aromatic nitrogens is 2. The van der Waals surface area contributed by atoms with Crippen LogP contribution in [-0.2, 0) is 11.3 Å². The summed E-state index contributed by atoms with van der Waals surface area (Å²) in [6.45, 7) is 2.26. The van der Waals surface area contributed by atoms with Gasteiger partial charge in [-0.2, -0.15) is 9.65 Å². The summed E-state index contributed by atoms with van der Waals surface area (Å²) in [5, 5.41) is 24.5. The van der Waals surface area contributed by atoms with E-state index >= 15 is 0 Å². The van der Waals surface area contributed by atoms with Gasteiger partial charge in [-0.25, -0.2) is 4.98 Å². The average molecular weight is 468 g/mol. The molecule has 1 fully saturated rings. The van der Waals surface area contributed by atoms with Gasteiger partial charge in [-0.3, -0.25) is 20.1 Å². The number of nitrogens with one attached hydrogen (secondary N) is 3. The van der Waals surface area contributed by atoms with E-state index in [-0.39, 0.29) is 23.5 Å². The maximum absolute atomic E-state index is 13.3. The van der Waals surface area contributed by atoms with Crippen LogP contribution in [0.2, 0.25) is 0 Å². The van der Waals surface area contributed by atoms with Gasteiger partial charge in [-0.15, -0.1) is 9.24 Å². The highest BCUT2D eigenvalue weighted by Gasteiger charge is 2.34. The number of carbonyl (C=O) groups is 1. The van der Waals surface area contributed by atoms with Gasteiger partial charge in [0.25, 0.3) is 5.91 Å². The van der Waals surface area contributed by atoms with E-state index in [1.807, 2.05) is 6.20 Å². The lowest BCUT2D eigenvalue weighted by Crippen LogP contribution is -2.51. The molecule has 0 spiro atoms. The van der Waals surface area contributed by atoms with Crippen LogP contribution >= 0.6 is 9.24 Å². The molecule has 11 heteroatoms. The highest BCUT2D eigenvalue weighted by molar-refractivity contribution is 7.27. The van der Waals surface area contributed by atoms with E-state index in [4.69, 9.17) is 11.1 Å². The number of halogens is 1. The summed E-state index contributed by atoms with van der Waals surface area (Å²) in [5.41, 5.74) is 6.22. The van der Waals surface area contributed by atoms with Crippen molar-refractivity contribution in [3.05, 3.63) is 60.1 Å². The van der Waals surface area contributed by atoms with Crippen LogP contribution in [0.15, 0.2) is 48.6 Å².